The molecule has 1 saturated heterocycles. The van der Waals surface area contributed by atoms with Gasteiger partial charge in [-0.25, -0.2) is 0 Å². The van der Waals surface area contributed by atoms with Gasteiger partial charge in [0.15, 0.2) is 0 Å². The molecule has 0 aromatic heterocycles. The zero-order chi connectivity index (χ0) is 6.69. The van der Waals surface area contributed by atoms with Crippen LogP contribution in [0.15, 0.2) is 0 Å². The highest BCUT2D eigenvalue weighted by Crippen LogP contribution is 2.10. The molecule has 1 fully saturated rings. The van der Waals surface area contributed by atoms with Crippen LogP contribution in [0.3, 0.4) is 0 Å². The third-order valence-electron chi connectivity index (χ3n) is 1.58. The van der Waals surface area contributed by atoms with Gasteiger partial charge in [-0.15, -0.1) is 0 Å². The van der Waals surface area contributed by atoms with E-state index in [1.807, 2.05) is 0 Å². The second-order valence-electron chi connectivity index (χ2n) is 2.09. The molecule has 0 aliphatic carbocycles. The highest BCUT2D eigenvalue weighted by atomic mass is 16.6. The average molecular weight is 132 g/mol. The Morgan fingerprint density at radius 1 is 1.11 bits per heavy atom. The quantitative estimate of drug-likeness (QED) is 0.531. The van der Waals surface area contributed by atoms with Gasteiger partial charge in [-0.1, -0.05) is 0 Å². The Morgan fingerprint density at radius 2 is 1.56 bits per heavy atom. The molecule has 1 rings (SSSR count). The van der Waals surface area contributed by atoms with Gasteiger partial charge < -0.3 is 14.2 Å². The van der Waals surface area contributed by atoms with Crippen molar-refractivity contribution in [3.05, 3.63) is 0 Å². The van der Waals surface area contributed by atoms with Gasteiger partial charge in [-0.2, -0.15) is 0 Å². The van der Waals surface area contributed by atoms with E-state index in [1.54, 1.807) is 14.2 Å². The van der Waals surface area contributed by atoms with Crippen molar-refractivity contribution in [2.24, 2.45) is 0 Å². The normalized spacial score (nSPS) is 35.3. The maximum absolute atomic E-state index is 5.10. The van der Waals surface area contributed by atoms with Crippen molar-refractivity contribution in [1.82, 2.24) is 0 Å². The van der Waals surface area contributed by atoms with E-state index in [0.29, 0.717) is 13.2 Å². The van der Waals surface area contributed by atoms with Crippen LogP contribution < -0.4 is 0 Å². The minimum absolute atomic E-state index is 0.134. The van der Waals surface area contributed by atoms with E-state index in [9.17, 15) is 0 Å². The molecule has 0 radical (unpaired) electrons. The van der Waals surface area contributed by atoms with E-state index in [0.717, 1.165) is 0 Å². The van der Waals surface area contributed by atoms with Crippen LogP contribution >= 0.6 is 0 Å². The summed E-state index contributed by atoms with van der Waals surface area (Å²) in [6.45, 7) is 1.32. The van der Waals surface area contributed by atoms with Crippen molar-refractivity contribution in [3.63, 3.8) is 0 Å². The molecule has 1 aliphatic rings. The number of methoxy groups -OCH3 is 2. The Kier molecular flexibility index (Phi) is 2.45. The second kappa shape index (κ2) is 3.15. The number of rotatable bonds is 2. The van der Waals surface area contributed by atoms with E-state index in [-0.39, 0.29) is 12.2 Å². The van der Waals surface area contributed by atoms with Gasteiger partial charge >= 0.3 is 0 Å². The van der Waals surface area contributed by atoms with E-state index in [1.165, 1.54) is 0 Å². The fourth-order valence-electron chi connectivity index (χ4n) is 0.955. The van der Waals surface area contributed by atoms with E-state index >= 15 is 0 Å². The standard InChI is InChI=1S/C6H12O3/c1-7-5-3-9-4-6(5)8-2/h5-6H,3-4H2,1-2H3/t5-,6+. The average Bonchev–Trinajstić information content (AvgIpc) is 2.33. The summed E-state index contributed by atoms with van der Waals surface area (Å²) in [5.74, 6) is 0. The largest absolute Gasteiger partial charge is 0.376 e. The molecule has 3 heteroatoms. The maximum Gasteiger partial charge on any atom is 0.109 e. The molecule has 0 unspecified atom stereocenters. The van der Waals surface area contributed by atoms with Crippen LogP contribution in [0.2, 0.25) is 0 Å². The third kappa shape index (κ3) is 1.41. The lowest BCUT2D eigenvalue weighted by Gasteiger charge is -2.12. The number of hydrogen-bond acceptors (Lipinski definition) is 3. The first-order valence-corrected chi connectivity index (χ1v) is 3.02. The maximum atomic E-state index is 5.10. The molecule has 0 N–H and O–H groups in total. The zero-order valence-corrected chi connectivity index (χ0v) is 5.79. The van der Waals surface area contributed by atoms with E-state index in [2.05, 4.69) is 0 Å². The molecular formula is C6H12O3. The fraction of sp³-hybridized carbons (Fsp3) is 1.00. The van der Waals surface area contributed by atoms with Crippen LogP contribution in [0, 0.1) is 0 Å². The molecule has 0 amide bonds. The Morgan fingerprint density at radius 3 is 1.89 bits per heavy atom. The van der Waals surface area contributed by atoms with E-state index in [4.69, 9.17) is 14.2 Å². The summed E-state index contributed by atoms with van der Waals surface area (Å²) >= 11 is 0. The van der Waals surface area contributed by atoms with E-state index < -0.39 is 0 Å². The van der Waals surface area contributed by atoms with Gasteiger partial charge in [0.1, 0.15) is 12.2 Å². The Labute approximate surface area is 54.9 Å². The first-order chi connectivity index (χ1) is 4.38. The summed E-state index contributed by atoms with van der Waals surface area (Å²) in [5, 5.41) is 0. The number of ether oxygens (including phenoxy) is 3. The molecule has 1 aliphatic heterocycles. The molecule has 54 valence electrons. The topological polar surface area (TPSA) is 27.7 Å². The van der Waals surface area contributed by atoms with Crippen LogP contribution in [0.25, 0.3) is 0 Å². The minimum Gasteiger partial charge on any atom is -0.376 e. The lowest BCUT2D eigenvalue weighted by Crippen LogP contribution is -2.27. The third-order valence-corrected chi connectivity index (χ3v) is 1.58. The summed E-state index contributed by atoms with van der Waals surface area (Å²) in [4.78, 5) is 0. The van der Waals surface area contributed by atoms with Crippen molar-refractivity contribution in [3.8, 4) is 0 Å². The highest BCUT2D eigenvalue weighted by Gasteiger charge is 2.27. The molecule has 0 aromatic carbocycles. The first kappa shape index (κ1) is 6.99. The van der Waals surface area contributed by atoms with Crippen LogP contribution in [0.1, 0.15) is 0 Å². The van der Waals surface area contributed by atoms with Crippen molar-refractivity contribution < 1.29 is 14.2 Å². The van der Waals surface area contributed by atoms with Gasteiger partial charge in [0.05, 0.1) is 13.2 Å². The second-order valence-corrected chi connectivity index (χ2v) is 2.09. The van der Waals surface area contributed by atoms with Gasteiger partial charge in [0.2, 0.25) is 0 Å². The molecule has 0 spiro atoms. The lowest BCUT2D eigenvalue weighted by molar-refractivity contribution is -0.00461. The molecule has 1 heterocycles. The predicted molar refractivity (Wildman–Crippen MR) is 32.4 cm³/mol. The molecule has 0 aromatic rings. The molecule has 3 nitrogen and oxygen atoms in total. The molecule has 2 atom stereocenters. The summed E-state index contributed by atoms with van der Waals surface area (Å²) in [6.07, 6.45) is 0.269. The van der Waals surface area contributed by atoms with Crippen molar-refractivity contribution in [2.75, 3.05) is 27.4 Å². The molecule has 0 bridgehead atoms. The smallest absolute Gasteiger partial charge is 0.109 e. The monoisotopic (exact) mass is 132 g/mol. The summed E-state index contributed by atoms with van der Waals surface area (Å²) in [7, 11) is 3.34. The Balaban J connectivity index is 2.32. The summed E-state index contributed by atoms with van der Waals surface area (Å²) < 4.78 is 15.2. The predicted octanol–water partition coefficient (Wildman–Crippen LogP) is 0.0466. The lowest BCUT2D eigenvalue weighted by atomic mass is 10.3. The molecular weight excluding hydrogens is 120 g/mol. The van der Waals surface area contributed by atoms with Gasteiger partial charge in [0.25, 0.3) is 0 Å². The van der Waals surface area contributed by atoms with Crippen LogP contribution in [0.5, 0.6) is 0 Å². The van der Waals surface area contributed by atoms with Gasteiger partial charge in [0, 0.05) is 14.2 Å². The number of hydrogen-bond donors (Lipinski definition) is 0. The highest BCUT2D eigenvalue weighted by molar-refractivity contribution is 4.75. The summed E-state index contributed by atoms with van der Waals surface area (Å²) in [6, 6.07) is 0. The molecule has 9 heavy (non-hydrogen) atoms. The van der Waals surface area contributed by atoms with Crippen molar-refractivity contribution in [1.29, 1.82) is 0 Å². The SMILES string of the molecule is CO[C@H]1COC[C@H]1OC. The Hall–Kier alpha value is -0.120. The van der Waals surface area contributed by atoms with Crippen LogP contribution in [-0.4, -0.2) is 39.6 Å². The van der Waals surface area contributed by atoms with Crippen LogP contribution in [0.4, 0.5) is 0 Å². The fourth-order valence-corrected chi connectivity index (χ4v) is 0.955. The van der Waals surface area contributed by atoms with Crippen LogP contribution in [-0.2, 0) is 14.2 Å². The summed E-state index contributed by atoms with van der Waals surface area (Å²) in [5.41, 5.74) is 0. The first-order valence-electron chi connectivity index (χ1n) is 3.02. The Bertz CT molecular complexity index is 74.4. The zero-order valence-electron chi connectivity index (χ0n) is 5.79. The van der Waals surface area contributed by atoms with Crippen molar-refractivity contribution >= 4 is 0 Å². The minimum atomic E-state index is 0.134. The van der Waals surface area contributed by atoms with Gasteiger partial charge in [-0.05, 0) is 0 Å². The van der Waals surface area contributed by atoms with Gasteiger partial charge in [-0.3, -0.25) is 0 Å². The van der Waals surface area contributed by atoms with Crippen molar-refractivity contribution in [2.45, 2.75) is 12.2 Å². The molecule has 0 saturated carbocycles.